The summed E-state index contributed by atoms with van der Waals surface area (Å²) in [6.45, 7) is 1.85. The Balaban J connectivity index is 1.71. The van der Waals surface area contributed by atoms with Gasteiger partial charge in [0.15, 0.2) is 11.6 Å². The van der Waals surface area contributed by atoms with E-state index in [2.05, 4.69) is 12.1 Å². The highest BCUT2D eigenvalue weighted by Crippen LogP contribution is 2.61. The summed E-state index contributed by atoms with van der Waals surface area (Å²) in [7, 11) is 0. The molecule has 1 spiro atoms. The molecule has 2 aliphatic carbocycles. The molecular formula is C24H24O3. The van der Waals surface area contributed by atoms with Crippen molar-refractivity contribution in [3.8, 4) is 5.75 Å². The van der Waals surface area contributed by atoms with Gasteiger partial charge in [0, 0.05) is 12.3 Å². The topological polar surface area (TPSA) is 43.4 Å². The maximum atomic E-state index is 13.6. The fourth-order valence-electron chi connectivity index (χ4n) is 5.91. The molecule has 0 bridgehead atoms. The lowest BCUT2D eigenvalue weighted by Crippen LogP contribution is -2.69. The van der Waals surface area contributed by atoms with Crippen molar-refractivity contribution in [2.45, 2.75) is 50.5 Å². The number of carbonyl (C=O) groups is 2. The van der Waals surface area contributed by atoms with Gasteiger partial charge in [0.1, 0.15) is 16.8 Å². The zero-order valence-electron chi connectivity index (χ0n) is 15.6. The summed E-state index contributed by atoms with van der Waals surface area (Å²) in [4.78, 5) is 27.1. The monoisotopic (exact) mass is 360 g/mol. The van der Waals surface area contributed by atoms with E-state index in [1.54, 1.807) is 6.07 Å². The van der Waals surface area contributed by atoms with E-state index in [9.17, 15) is 9.59 Å². The van der Waals surface area contributed by atoms with Crippen molar-refractivity contribution in [3.63, 3.8) is 0 Å². The van der Waals surface area contributed by atoms with E-state index in [-0.39, 0.29) is 23.4 Å². The van der Waals surface area contributed by atoms with Gasteiger partial charge in [0.25, 0.3) is 0 Å². The second-order valence-electron chi connectivity index (χ2n) is 8.44. The highest BCUT2D eigenvalue weighted by molar-refractivity contribution is 6.18. The number of ketones is 2. The molecule has 2 aromatic rings. The maximum absolute atomic E-state index is 13.6. The molecule has 3 heteroatoms. The SMILES string of the molecule is C[C@]12C(=O)C[C@H](c3ccccc3)[C@H]3CCCC[C@]31Oc1ccccc1C2=O. The van der Waals surface area contributed by atoms with Gasteiger partial charge in [-0.2, -0.15) is 0 Å². The van der Waals surface area contributed by atoms with Gasteiger partial charge >= 0.3 is 0 Å². The second kappa shape index (κ2) is 5.79. The molecule has 0 amide bonds. The number of benzene rings is 2. The minimum absolute atomic E-state index is 0.0361. The smallest absolute Gasteiger partial charge is 0.183 e. The minimum Gasteiger partial charge on any atom is -0.485 e. The third kappa shape index (κ3) is 2.08. The number of ether oxygens (including phenoxy) is 1. The van der Waals surface area contributed by atoms with E-state index in [4.69, 9.17) is 4.74 Å². The molecule has 2 saturated carbocycles. The van der Waals surface area contributed by atoms with Crippen molar-refractivity contribution in [1.82, 2.24) is 0 Å². The van der Waals surface area contributed by atoms with E-state index >= 15 is 0 Å². The Morgan fingerprint density at radius 1 is 0.963 bits per heavy atom. The summed E-state index contributed by atoms with van der Waals surface area (Å²) >= 11 is 0. The van der Waals surface area contributed by atoms with Gasteiger partial charge in [-0.25, -0.2) is 0 Å². The van der Waals surface area contributed by atoms with E-state index in [1.165, 1.54) is 5.56 Å². The molecule has 5 rings (SSSR count). The molecular weight excluding hydrogens is 336 g/mol. The Kier molecular flexibility index (Phi) is 3.59. The number of hydrogen-bond donors (Lipinski definition) is 0. The molecule has 0 aromatic heterocycles. The highest BCUT2D eigenvalue weighted by Gasteiger charge is 2.69. The first-order chi connectivity index (χ1) is 13.1. The fraction of sp³-hybridized carbons (Fsp3) is 0.417. The summed E-state index contributed by atoms with van der Waals surface area (Å²) in [6, 6.07) is 17.7. The third-order valence-electron chi connectivity index (χ3n) is 7.31. The first-order valence-electron chi connectivity index (χ1n) is 9.99. The quantitative estimate of drug-likeness (QED) is 0.676. The lowest BCUT2D eigenvalue weighted by Gasteiger charge is -2.60. The number of rotatable bonds is 1. The number of carbonyl (C=O) groups excluding carboxylic acids is 2. The first-order valence-corrected chi connectivity index (χ1v) is 9.99. The normalized spacial score (nSPS) is 34.9. The molecule has 138 valence electrons. The molecule has 0 unspecified atom stereocenters. The molecule has 2 aromatic carbocycles. The molecule has 1 heterocycles. The van der Waals surface area contributed by atoms with Crippen molar-refractivity contribution in [3.05, 3.63) is 65.7 Å². The summed E-state index contributed by atoms with van der Waals surface area (Å²) < 4.78 is 6.68. The van der Waals surface area contributed by atoms with Crippen molar-refractivity contribution < 1.29 is 14.3 Å². The summed E-state index contributed by atoms with van der Waals surface area (Å²) in [5.74, 6) is 0.925. The van der Waals surface area contributed by atoms with Crippen LogP contribution < -0.4 is 4.74 Å². The average molecular weight is 360 g/mol. The molecule has 0 N–H and O–H groups in total. The van der Waals surface area contributed by atoms with Crippen LogP contribution in [0.2, 0.25) is 0 Å². The first kappa shape index (κ1) is 16.7. The van der Waals surface area contributed by atoms with Crippen molar-refractivity contribution in [1.29, 1.82) is 0 Å². The Labute approximate surface area is 159 Å². The maximum Gasteiger partial charge on any atom is 0.183 e. The average Bonchev–Trinajstić information content (AvgIpc) is 2.71. The van der Waals surface area contributed by atoms with Crippen LogP contribution in [0.4, 0.5) is 0 Å². The molecule has 27 heavy (non-hydrogen) atoms. The molecule has 3 aliphatic rings. The highest BCUT2D eigenvalue weighted by atomic mass is 16.5. The summed E-state index contributed by atoms with van der Waals surface area (Å²) in [5, 5.41) is 0. The summed E-state index contributed by atoms with van der Waals surface area (Å²) in [6.07, 6.45) is 4.31. The molecule has 0 saturated heterocycles. The lowest BCUT2D eigenvalue weighted by molar-refractivity contribution is -0.165. The van der Waals surface area contributed by atoms with E-state index in [1.807, 2.05) is 43.3 Å². The van der Waals surface area contributed by atoms with Gasteiger partial charge in [-0.1, -0.05) is 48.9 Å². The van der Waals surface area contributed by atoms with Crippen LogP contribution in [0, 0.1) is 11.3 Å². The standard InChI is InChI=1S/C24H24O3/c1-23-21(25)15-18(16-9-3-2-4-10-16)19-12-7-8-14-24(19,23)27-20-13-6-5-11-17(20)22(23)26/h2-6,9-11,13,18-19H,7-8,12,14-15H2,1H3/t18-,19-,23-,24+/m1/s1. The third-order valence-corrected chi connectivity index (χ3v) is 7.31. The van der Waals surface area contributed by atoms with Crippen LogP contribution in [0.15, 0.2) is 54.6 Å². The van der Waals surface area contributed by atoms with Gasteiger partial charge < -0.3 is 4.74 Å². The van der Waals surface area contributed by atoms with Gasteiger partial charge in [-0.05, 0) is 49.8 Å². The van der Waals surface area contributed by atoms with Crippen molar-refractivity contribution in [2.24, 2.45) is 11.3 Å². The minimum atomic E-state index is -1.09. The number of fused-ring (bicyclic) bond motifs is 1. The van der Waals surface area contributed by atoms with Crippen LogP contribution in [0.3, 0.4) is 0 Å². The molecule has 4 atom stereocenters. The fourth-order valence-corrected chi connectivity index (χ4v) is 5.91. The molecule has 0 radical (unpaired) electrons. The van der Waals surface area contributed by atoms with Crippen LogP contribution in [-0.4, -0.2) is 17.2 Å². The Morgan fingerprint density at radius 3 is 2.52 bits per heavy atom. The second-order valence-corrected chi connectivity index (χ2v) is 8.44. The lowest BCUT2D eigenvalue weighted by atomic mass is 9.48. The van der Waals surface area contributed by atoms with Crippen molar-refractivity contribution >= 4 is 11.6 Å². The van der Waals surface area contributed by atoms with Crippen LogP contribution in [-0.2, 0) is 4.79 Å². The van der Waals surface area contributed by atoms with Crippen LogP contribution in [0.5, 0.6) is 5.75 Å². The van der Waals surface area contributed by atoms with E-state index in [0.29, 0.717) is 17.7 Å². The van der Waals surface area contributed by atoms with Gasteiger partial charge in [-0.15, -0.1) is 0 Å². The Hall–Kier alpha value is -2.42. The van der Waals surface area contributed by atoms with Crippen LogP contribution >= 0.6 is 0 Å². The van der Waals surface area contributed by atoms with Gasteiger partial charge in [-0.3, -0.25) is 9.59 Å². The van der Waals surface area contributed by atoms with Crippen LogP contribution in [0.25, 0.3) is 0 Å². The number of para-hydroxylation sites is 1. The zero-order chi connectivity index (χ0) is 18.6. The van der Waals surface area contributed by atoms with Gasteiger partial charge in [0.2, 0.25) is 0 Å². The predicted octanol–water partition coefficient (Wildman–Crippen LogP) is 4.95. The summed E-state index contributed by atoms with van der Waals surface area (Å²) in [5.41, 5.74) is -0.0694. The number of Topliss-reactive ketones (excluding diaryl/α,β-unsaturated/α-hetero) is 2. The molecule has 2 fully saturated rings. The largest absolute Gasteiger partial charge is 0.485 e. The van der Waals surface area contributed by atoms with Crippen LogP contribution in [0.1, 0.15) is 60.9 Å². The molecule has 3 nitrogen and oxygen atoms in total. The van der Waals surface area contributed by atoms with E-state index < -0.39 is 11.0 Å². The Morgan fingerprint density at radius 2 is 1.70 bits per heavy atom. The van der Waals surface area contributed by atoms with Crippen molar-refractivity contribution in [2.75, 3.05) is 0 Å². The predicted molar refractivity (Wildman–Crippen MR) is 103 cm³/mol. The van der Waals surface area contributed by atoms with Gasteiger partial charge in [0.05, 0.1) is 5.56 Å². The molecule has 1 aliphatic heterocycles. The van der Waals surface area contributed by atoms with E-state index in [0.717, 1.165) is 25.7 Å². The number of hydrogen-bond acceptors (Lipinski definition) is 3. The zero-order valence-corrected chi connectivity index (χ0v) is 15.6. The Bertz CT molecular complexity index is 918.